The zero-order valence-electron chi connectivity index (χ0n) is 6.77. The minimum absolute atomic E-state index is 0.804. The van der Waals surface area contributed by atoms with Crippen LogP contribution >= 0.6 is 31.9 Å². The molecule has 0 spiro atoms. The lowest BCUT2D eigenvalue weighted by Crippen LogP contribution is -1.83. The third kappa shape index (κ3) is 1.36. The molecule has 0 saturated heterocycles. The first kappa shape index (κ1) is 9.02. The lowest BCUT2D eigenvalue weighted by molar-refractivity contribution is 0.419. The Morgan fingerprint density at radius 1 is 1.38 bits per heavy atom. The molecule has 5 heteroatoms. The van der Waals surface area contributed by atoms with Crippen molar-refractivity contribution in [3.8, 4) is 5.75 Å². The number of ether oxygens (including phenoxy) is 1. The van der Waals surface area contributed by atoms with E-state index >= 15 is 0 Å². The van der Waals surface area contributed by atoms with Gasteiger partial charge in [-0.05, 0) is 44.0 Å². The van der Waals surface area contributed by atoms with E-state index < -0.39 is 0 Å². The SMILES string of the molecule is COc1ccc(Br)c2n[nH]c(Br)c12. The van der Waals surface area contributed by atoms with Crippen LogP contribution in [0, 0.1) is 0 Å². The van der Waals surface area contributed by atoms with Gasteiger partial charge in [-0.25, -0.2) is 0 Å². The number of nitrogens with zero attached hydrogens (tertiary/aromatic N) is 1. The highest BCUT2D eigenvalue weighted by molar-refractivity contribution is 9.11. The maximum atomic E-state index is 5.21. The molecule has 13 heavy (non-hydrogen) atoms. The second-order valence-corrected chi connectivity index (χ2v) is 4.16. The quantitative estimate of drug-likeness (QED) is 0.879. The third-order valence-electron chi connectivity index (χ3n) is 1.80. The van der Waals surface area contributed by atoms with E-state index in [1.165, 1.54) is 0 Å². The number of aromatic nitrogens is 2. The number of benzene rings is 1. The van der Waals surface area contributed by atoms with Crippen LogP contribution in [0.25, 0.3) is 10.9 Å². The molecule has 1 heterocycles. The Morgan fingerprint density at radius 3 is 2.85 bits per heavy atom. The van der Waals surface area contributed by atoms with Crippen molar-refractivity contribution in [2.45, 2.75) is 0 Å². The van der Waals surface area contributed by atoms with Crippen molar-refractivity contribution in [3.63, 3.8) is 0 Å². The molecular formula is C8H6Br2N2O. The van der Waals surface area contributed by atoms with Gasteiger partial charge in [-0.1, -0.05) is 0 Å². The molecule has 1 aromatic carbocycles. The first-order valence-electron chi connectivity index (χ1n) is 3.60. The van der Waals surface area contributed by atoms with Crippen LogP contribution in [0.2, 0.25) is 0 Å². The van der Waals surface area contributed by atoms with E-state index in [9.17, 15) is 0 Å². The summed E-state index contributed by atoms with van der Waals surface area (Å²) in [5.74, 6) is 0.804. The summed E-state index contributed by atoms with van der Waals surface area (Å²) in [6, 6.07) is 3.81. The second-order valence-electron chi connectivity index (χ2n) is 2.51. The number of aromatic amines is 1. The number of hydrogen-bond donors (Lipinski definition) is 1. The summed E-state index contributed by atoms with van der Waals surface area (Å²) in [4.78, 5) is 0. The number of halogens is 2. The van der Waals surface area contributed by atoms with Gasteiger partial charge in [-0.3, -0.25) is 5.10 Å². The minimum atomic E-state index is 0.804. The Labute approximate surface area is 91.7 Å². The van der Waals surface area contributed by atoms with Gasteiger partial charge in [0.25, 0.3) is 0 Å². The Bertz CT molecular complexity index is 453. The maximum absolute atomic E-state index is 5.21. The van der Waals surface area contributed by atoms with Crippen LogP contribution in [0.1, 0.15) is 0 Å². The molecule has 0 aliphatic rings. The molecule has 0 radical (unpaired) electrons. The number of H-pyrrole nitrogens is 1. The van der Waals surface area contributed by atoms with Crippen LogP contribution in [0.5, 0.6) is 5.75 Å². The first-order valence-corrected chi connectivity index (χ1v) is 5.18. The maximum Gasteiger partial charge on any atom is 0.131 e. The second kappa shape index (κ2) is 3.31. The lowest BCUT2D eigenvalue weighted by Gasteiger charge is -2.01. The Morgan fingerprint density at radius 2 is 2.15 bits per heavy atom. The fourth-order valence-corrected chi connectivity index (χ4v) is 2.09. The van der Waals surface area contributed by atoms with E-state index in [1.54, 1.807) is 7.11 Å². The summed E-state index contributed by atoms with van der Waals surface area (Å²) in [5, 5.41) is 7.93. The summed E-state index contributed by atoms with van der Waals surface area (Å²) in [6.45, 7) is 0. The number of methoxy groups -OCH3 is 1. The molecule has 0 aliphatic heterocycles. The van der Waals surface area contributed by atoms with Crippen molar-refractivity contribution in [2.75, 3.05) is 7.11 Å². The summed E-state index contributed by atoms with van der Waals surface area (Å²) in [5.41, 5.74) is 0.867. The van der Waals surface area contributed by atoms with E-state index in [0.29, 0.717) is 0 Å². The van der Waals surface area contributed by atoms with Gasteiger partial charge in [0, 0.05) is 4.47 Å². The summed E-state index contributed by atoms with van der Waals surface area (Å²) in [7, 11) is 1.64. The monoisotopic (exact) mass is 304 g/mol. The molecule has 0 saturated carbocycles. The molecule has 0 amide bonds. The van der Waals surface area contributed by atoms with Gasteiger partial charge in [-0.2, -0.15) is 5.10 Å². The van der Waals surface area contributed by atoms with Gasteiger partial charge in [0.2, 0.25) is 0 Å². The Balaban J connectivity index is 2.88. The van der Waals surface area contributed by atoms with Crippen LogP contribution in [0.4, 0.5) is 0 Å². The smallest absolute Gasteiger partial charge is 0.131 e. The molecule has 1 N–H and O–H groups in total. The Kier molecular flexibility index (Phi) is 2.29. The molecule has 0 atom stereocenters. The van der Waals surface area contributed by atoms with E-state index in [2.05, 4.69) is 42.1 Å². The molecule has 1 aromatic heterocycles. The molecule has 3 nitrogen and oxygen atoms in total. The summed E-state index contributed by atoms with van der Waals surface area (Å²) in [6.07, 6.45) is 0. The highest BCUT2D eigenvalue weighted by atomic mass is 79.9. The van der Waals surface area contributed by atoms with E-state index in [0.717, 1.165) is 25.7 Å². The van der Waals surface area contributed by atoms with Gasteiger partial charge in [0.05, 0.1) is 12.5 Å². The van der Waals surface area contributed by atoms with Crippen LogP contribution in [-0.2, 0) is 0 Å². The normalized spacial score (nSPS) is 10.7. The van der Waals surface area contributed by atoms with Gasteiger partial charge >= 0.3 is 0 Å². The third-order valence-corrected chi connectivity index (χ3v) is 3.01. The van der Waals surface area contributed by atoms with Crippen LogP contribution in [0.15, 0.2) is 21.2 Å². The topological polar surface area (TPSA) is 37.9 Å². The van der Waals surface area contributed by atoms with Gasteiger partial charge in [-0.15, -0.1) is 0 Å². The van der Waals surface area contributed by atoms with Crippen molar-refractivity contribution in [1.29, 1.82) is 0 Å². The summed E-state index contributed by atoms with van der Waals surface area (Å²) < 4.78 is 6.99. The lowest BCUT2D eigenvalue weighted by atomic mass is 10.2. The average molecular weight is 306 g/mol. The van der Waals surface area contributed by atoms with Crippen molar-refractivity contribution in [3.05, 3.63) is 21.2 Å². The number of hydrogen-bond acceptors (Lipinski definition) is 2. The van der Waals surface area contributed by atoms with E-state index in [4.69, 9.17) is 4.74 Å². The van der Waals surface area contributed by atoms with Crippen LogP contribution in [-0.4, -0.2) is 17.3 Å². The summed E-state index contributed by atoms with van der Waals surface area (Å²) >= 11 is 6.79. The highest BCUT2D eigenvalue weighted by Crippen LogP contribution is 2.34. The molecule has 0 fully saturated rings. The van der Waals surface area contributed by atoms with Crippen molar-refractivity contribution in [1.82, 2.24) is 10.2 Å². The number of rotatable bonds is 1. The predicted molar refractivity (Wildman–Crippen MR) is 58.0 cm³/mol. The largest absolute Gasteiger partial charge is 0.496 e. The number of fused-ring (bicyclic) bond motifs is 1. The standard InChI is InChI=1S/C8H6Br2N2O/c1-13-5-3-2-4(9)7-6(5)8(10)12-11-7/h2-3H,1H3,(H,11,12). The average Bonchev–Trinajstić information content (AvgIpc) is 2.51. The van der Waals surface area contributed by atoms with Gasteiger partial charge < -0.3 is 4.74 Å². The molecule has 2 aromatic rings. The van der Waals surface area contributed by atoms with Crippen LogP contribution < -0.4 is 4.74 Å². The van der Waals surface area contributed by atoms with Crippen molar-refractivity contribution >= 4 is 42.8 Å². The van der Waals surface area contributed by atoms with Crippen LogP contribution in [0.3, 0.4) is 0 Å². The zero-order chi connectivity index (χ0) is 9.42. The molecule has 2 rings (SSSR count). The minimum Gasteiger partial charge on any atom is -0.496 e. The fraction of sp³-hybridized carbons (Fsp3) is 0.125. The number of nitrogens with one attached hydrogen (secondary N) is 1. The molecule has 0 aliphatic carbocycles. The highest BCUT2D eigenvalue weighted by Gasteiger charge is 2.11. The molecule has 68 valence electrons. The molecule has 0 bridgehead atoms. The van der Waals surface area contributed by atoms with Crippen molar-refractivity contribution < 1.29 is 4.74 Å². The molecular weight excluding hydrogens is 300 g/mol. The first-order chi connectivity index (χ1) is 6.24. The van der Waals surface area contributed by atoms with Crippen molar-refractivity contribution in [2.24, 2.45) is 0 Å². The zero-order valence-corrected chi connectivity index (χ0v) is 9.94. The van der Waals surface area contributed by atoms with E-state index in [-0.39, 0.29) is 0 Å². The molecule has 0 unspecified atom stereocenters. The predicted octanol–water partition coefficient (Wildman–Crippen LogP) is 3.10. The van der Waals surface area contributed by atoms with Gasteiger partial charge in [0.1, 0.15) is 15.9 Å². The van der Waals surface area contributed by atoms with Gasteiger partial charge in [0.15, 0.2) is 0 Å². The Hall–Kier alpha value is -0.550. The van der Waals surface area contributed by atoms with E-state index in [1.807, 2.05) is 12.1 Å². The fourth-order valence-electron chi connectivity index (χ4n) is 1.20.